The molecular weight excluding hydrogens is 530 g/mol. The Bertz CT molecular complexity index is 1790. The van der Waals surface area contributed by atoms with Gasteiger partial charge in [-0.05, 0) is 6.42 Å². The molecule has 0 amide bonds. The number of nitrogen functional groups attached to an aromatic ring is 2. The monoisotopic (exact) mass is 555 g/mol. The molecule has 40 heavy (non-hydrogen) atoms. The van der Waals surface area contributed by atoms with E-state index < -0.39 is 35.7 Å². The second kappa shape index (κ2) is 10.1. The fourth-order valence-corrected chi connectivity index (χ4v) is 4.56. The maximum Gasteiger partial charge on any atom is 0.280 e. The van der Waals surface area contributed by atoms with Gasteiger partial charge in [0, 0.05) is 13.1 Å². The van der Waals surface area contributed by atoms with Crippen LogP contribution in [0.1, 0.15) is 18.3 Å². The van der Waals surface area contributed by atoms with Crippen LogP contribution in [0, 0.1) is 0 Å². The normalized spacial score (nSPS) is 21.1. The number of anilines is 2. The van der Waals surface area contributed by atoms with E-state index in [9.17, 15) is 19.8 Å². The zero-order valence-electron chi connectivity index (χ0n) is 20.8. The van der Waals surface area contributed by atoms with Gasteiger partial charge >= 0.3 is 0 Å². The van der Waals surface area contributed by atoms with Crippen molar-refractivity contribution in [1.29, 1.82) is 0 Å². The molecule has 0 aliphatic carbocycles. The van der Waals surface area contributed by atoms with E-state index in [0.717, 1.165) is 0 Å². The zero-order valence-corrected chi connectivity index (χ0v) is 20.8. The summed E-state index contributed by atoms with van der Waals surface area (Å²) < 4.78 is 16.2. The van der Waals surface area contributed by atoms with Gasteiger partial charge in [0.15, 0.2) is 28.6 Å². The van der Waals surface area contributed by atoms with Crippen LogP contribution < -0.4 is 22.6 Å². The van der Waals surface area contributed by atoms with E-state index in [0.29, 0.717) is 30.9 Å². The van der Waals surface area contributed by atoms with Gasteiger partial charge in [-0.1, -0.05) is 5.21 Å². The van der Waals surface area contributed by atoms with Crippen LogP contribution in [0.2, 0.25) is 0 Å². The smallest absolute Gasteiger partial charge is 0.280 e. The molecule has 0 saturated carbocycles. The third-order valence-corrected chi connectivity index (χ3v) is 6.46. The molecule has 4 atom stereocenters. The number of ether oxygens (including phenoxy) is 2. The molecule has 5 aromatic rings. The molecule has 6 heterocycles. The Morgan fingerprint density at radius 3 is 2.45 bits per heavy atom. The molecule has 210 valence electrons. The lowest BCUT2D eigenvalue weighted by molar-refractivity contribution is -0.0686. The first-order valence-corrected chi connectivity index (χ1v) is 12.2. The zero-order chi connectivity index (χ0) is 28.0. The molecule has 1 aliphatic rings. The maximum absolute atomic E-state index is 12.0. The average Bonchev–Trinajstić information content (AvgIpc) is 3.68. The molecule has 1 saturated heterocycles. The summed E-state index contributed by atoms with van der Waals surface area (Å²) in [4.78, 5) is 45.0. The van der Waals surface area contributed by atoms with E-state index in [2.05, 4.69) is 40.2 Å². The number of nitrogens with zero attached hydrogens (tertiary/aromatic N) is 9. The van der Waals surface area contributed by atoms with Crippen LogP contribution in [0.5, 0.6) is 0 Å². The van der Waals surface area contributed by atoms with Crippen LogP contribution in [0.4, 0.5) is 11.9 Å². The van der Waals surface area contributed by atoms with Crippen molar-refractivity contribution < 1.29 is 19.7 Å². The number of nitrogens with two attached hydrogens (primary N) is 2. The topological polar surface area (TPSA) is 269 Å². The van der Waals surface area contributed by atoms with E-state index in [4.69, 9.17) is 20.9 Å². The summed E-state index contributed by atoms with van der Waals surface area (Å²) >= 11 is 0. The highest BCUT2D eigenvalue weighted by Gasteiger charge is 2.44. The molecule has 0 aromatic carbocycles. The second-order valence-electron chi connectivity index (χ2n) is 9.22. The molecule has 5 aromatic heterocycles. The number of H-pyrrole nitrogens is 2. The fraction of sp³-hybridized carbons (Fsp3) is 0.429. The Hall–Kier alpha value is -4.72. The summed E-state index contributed by atoms with van der Waals surface area (Å²) in [7, 11) is 0. The number of aliphatic hydroxyl groups is 2. The predicted molar refractivity (Wildman–Crippen MR) is 135 cm³/mol. The molecule has 0 bridgehead atoms. The number of nitrogens with one attached hydrogen (secondary N) is 2. The number of aromatic amines is 2. The van der Waals surface area contributed by atoms with Crippen molar-refractivity contribution in [3.63, 3.8) is 0 Å². The van der Waals surface area contributed by atoms with Crippen molar-refractivity contribution in [2.45, 2.75) is 50.7 Å². The molecule has 0 spiro atoms. The number of rotatable bonds is 9. The first kappa shape index (κ1) is 25.6. The van der Waals surface area contributed by atoms with Crippen molar-refractivity contribution in [3.05, 3.63) is 45.3 Å². The Morgan fingerprint density at radius 1 is 0.975 bits per heavy atom. The van der Waals surface area contributed by atoms with E-state index in [1.165, 1.54) is 17.2 Å². The number of imidazole rings is 2. The first-order chi connectivity index (χ1) is 19.3. The number of hydrogen-bond acceptors (Lipinski definition) is 14. The quantitative estimate of drug-likeness (QED) is 0.107. The Balaban J connectivity index is 1.02. The van der Waals surface area contributed by atoms with Gasteiger partial charge in [-0.15, -0.1) is 5.10 Å². The minimum atomic E-state index is -1.33. The molecule has 1 aliphatic heterocycles. The van der Waals surface area contributed by atoms with Crippen molar-refractivity contribution in [2.75, 3.05) is 18.1 Å². The van der Waals surface area contributed by atoms with Gasteiger partial charge < -0.3 is 35.7 Å². The molecule has 8 N–H and O–H groups in total. The summed E-state index contributed by atoms with van der Waals surface area (Å²) in [6, 6.07) is 0. The average molecular weight is 556 g/mol. The molecule has 1 fully saturated rings. The van der Waals surface area contributed by atoms with Crippen LogP contribution in [0.15, 0.2) is 28.4 Å². The summed E-state index contributed by atoms with van der Waals surface area (Å²) in [5, 5.41) is 29.3. The lowest BCUT2D eigenvalue weighted by Gasteiger charge is -2.16. The number of hydrogen-bond donors (Lipinski definition) is 6. The molecule has 0 unspecified atom stereocenters. The predicted octanol–water partition coefficient (Wildman–Crippen LogP) is -2.77. The summed E-state index contributed by atoms with van der Waals surface area (Å²) in [5.41, 5.74) is 11.7. The minimum absolute atomic E-state index is 0.0229. The van der Waals surface area contributed by atoms with E-state index >= 15 is 0 Å². The molecular formula is C21H25N13O6. The van der Waals surface area contributed by atoms with Crippen molar-refractivity contribution in [3.8, 4) is 0 Å². The number of aryl methyl sites for hydroxylation is 2. The number of aromatic nitrogens is 11. The Kier molecular flexibility index (Phi) is 6.46. The molecule has 0 radical (unpaired) electrons. The minimum Gasteiger partial charge on any atom is -0.387 e. The molecule has 19 heteroatoms. The van der Waals surface area contributed by atoms with Crippen molar-refractivity contribution in [1.82, 2.24) is 54.0 Å². The highest BCUT2D eigenvalue weighted by molar-refractivity contribution is 5.71. The standard InChI is InChI=1S/C21H25N13O6/c22-20-26-15-11(17(37)28-20)24-7-32(15)2-1-3-33-4-9(30-31-33)5-39-6-10-13(35)14(36)19(40-10)34-8-25-12-16(34)27-21(23)29-18(12)38/h4,7-8,10,13-14,19,35-36H,1-3,5-6H2,(H3,22,26,28,37)(H3,23,27,29,38)/t10-,13-,14-,19-/m1/s1. The van der Waals surface area contributed by atoms with Crippen LogP contribution in [0.25, 0.3) is 22.3 Å². The third kappa shape index (κ3) is 4.66. The number of aliphatic hydroxyl groups excluding tert-OH is 2. The lowest BCUT2D eigenvalue weighted by Crippen LogP contribution is -2.33. The van der Waals surface area contributed by atoms with Gasteiger partial charge in [0.05, 0.1) is 32.1 Å². The van der Waals surface area contributed by atoms with Gasteiger partial charge in [0.1, 0.15) is 24.0 Å². The summed E-state index contributed by atoms with van der Waals surface area (Å²) in [5.74, 6) is -0.0935. The first-order valence-electron chi connectivity index (χ1n) is 12.2. The largest absolute Gasteiger partial charge is 0.387 e. The van der Waals surface area contributed by atoms with E-state index in [1.54, 1.807) is 15.4 Å². The molecule has 19 nitrogen and oxygen atoms in total. The van der Waals surface area contributed by atoms with Gasteiger partial charge in [-0.25, -0.2) is 9.97 Å². The Morgan fingerprint density at radius 2 is 1.68 bits per heavy atom. The highest BCUT2D eigenvalue weighted by atomic mass is 16.6. The Labute approximate surface area is 222 Å². The van der Waals surface area contributed by atoms with Crippen LogP contribution in [-0.2, 0) is 29.2 Å². The van der Waals surface area contributed by atoms with E-state index in [-0.39, 0.29) is 41.8 Å². The van der Waals surface area contributed by atoms with Gasteiger partial charge in [-0.2, -0.15) is 9.97 Å². The highest BCUT2D eigenvalue weighted by Crippen LogP contribution is 2.31. The van der Waals surface area contributed by atoms with E-state index in [1.807, 2.05) is 0 Å². The van der Waals surface area contributed by atoms with Crippen LogP contribution in [0.3, 0.4) is 0 Å². The number of fused-ring (bicyclic) bond motifs is 2. The van der Waals surface area contributed by atoms with Gasteiger partial charge in [0.25, 0.3) is 11.1 Å². The van der Waals surface area contributed by atoms with Crippen LogP contribution in [-0.4, -0.2) is 89.2 Å². The summed E-state index contributed by atoms with van der Waals surface area (Å²) in [6.07, 6.45) is 0.684. The maximum atomic E-state index is 12.0. The van der Waals surface area contributed by atoms with Gasteiger partial charge in [0.2, 0.25) is 11.9 Å². The molecule has 6 rings (SSSR count). The lowest BCUT2D eigenvalue weighted by atomic mass is 10.1. The SMILES string of the molecule is Nc1nc2c(ncn2CCCn2cc(COC[C@H]3O[C@@H](n4cnc5c(=O)[nH]c(N)nc54)[C@H](O)[C@@H]3O)nn2)c(=O)[nH]1. The van der Waals surface area contributed by atoms with Crippen LogP contribution >= 0.6 is 0 Å². The van der Waals surface area contributed by atoms with Gasteiger partial charge in [-0.3, -0.25) is 28.8 Å². The summed E-state index contributed by atoms with van der Waals surface area (Å²) in [6.45, 7) is 1.10. The second-order valence-corrected chi connectivity index (χ2v) is 9.22. The third-order valence-electron chi connectivity index (χ3n) is 6.46. The van der Waals surface area contributed by atoms with Crippen molar-refractivity contribution >= 4 is 34.2 Å². The van der Waals surface area contributed by atoms with Crippen molar-refractivity contribution in [2.24, 2.45) is 0 Å². The fourth-order valence-electron chi connectivity index (χ4n) is 4.56.